The molecular weight excluding hydrogens is 220 g/mol. The van der Waals surface area contributed by atoms with Crippen LogP contribution in [0.2, 0.25) is 0 Å². The summed E-state index contributed by atoms with van der Waals surface area (Å²) >= 11 is 0. The number of fused-ring (bicyclic) bond motifs is 1. The van der Waals surface area contributed by atoms with Crippen LogP contribution in [-0.4, -0.2) is 27.2 Å². The van der Waals surface area contributed by atoms with E-state index in [4.69, 9.17) is 10.8 Å². The van der Waals surface area contributed by atoms with Crippen LogP contribution in [0, 0.1) is 0 Å². The van der Waals surface area contributed by atoms with E-state index in [1.807, 2.05) is 0 Å². The largest absolute Gasteiger partial charge is 0.506 e. The zero-order valence-corrected chi connectivity index (χ0v) is 9.00. The number of hydrogen-bond donors (Lipinski definition) is 3. The Morgan fingerprint density at radius 1 is 1.41 bits per heavy atom. The second-order valence-corrected chi connectivity index (χ2v) is 3.79. The average Bonchev–Trinajstić information content (AvgIpc) is 2.33. The third kappa shape index (κ3) is 2.19. The van der Waals surface area contributed by atoms with E-state index in [0.717, 1.165) is 10.9 Å². The van der Waals surface area contributed by atoms with Crippen molar-refractivity contribution in [2.24, 2.45) is 5.73 Å². The van der Waals surface area contributed by atoms with Crippen LogP contribution in [0.5, 0.6) is 5.75 Å². The number of aromatic hydroxyl groups is 1. The minimum atomic E-state index is -1.05. The van der Waals surface area contributed by atoms with E-state index in [1.54, 1.807) is 24.4 Å². The van der Waals surface area contributed by atoms with Gasteiger partial charge >= 0.3 is 5.97 Å². The molecule has 2 rings (SSSR count). The number of carbonyl (C=O) groups is 1. The molecule has 5 heteroatoms. The van der Waals surface area contributed by atoms with Crippen LogP contribution in [0.4, 0.5) is 0 Å². The molecule has 0 amide bonds. The maximum absolute atomic E-state index is 10.7. The van der Waals surface area contributed by atoms with Gasteiger partial charge in [0.15, 0.2) is 0 Å². The van der Waals surface area contributed by atoms with Crippen molar-refractivity contribution in [2.75, 3.05) is 0 Å². The van der Waals surface area contributed by atoms with Gasteiger partial charge < -0.3 is 15.9 Å². The van der Waals surface area contributed by atoms with Crippen molar-refractivity contribution < 1.29 is 15.0 Å². The molecule has 0 aliphatic rings. The molecule has 1 heterocycles. The number of pyridine rings is 1. The van der Waals surface area contributed by atoms with Crippen molar-refractivity contribution >= 4 is 16.9 Å². The SMILES string of the molecule is N[C@H](Cc1ccc(O)c2ncccc12)C(=O)O. The van der Waals surface area contributed by atoms with Gasteiger partial charge in [0.05, 0.1) is 0 Å². The van der Waals surface area contributed by atoms with Gasteiger partial charge in [0.25, 0.3) is 0 Å². The Labute approximate surface area is 97.5 Å². The smallest absolute Gasteiger partial charge is 0.320 e. The Bertz CT molecular complexity index is 569. The molecular formula is C12H12N2O3. The number of nitrogens with two attached hydrogens (primary N) is 1. The molecule has 1 aromatic heterocycles. The van der Waals surface area contributed by atoms with E-state index in [-0.39, 0.29) is 12.2 Å². The molecule has 0 fully saturated rings. The van der Waals surface area contributed by atoms with E-state index in [2.05, 4.69) is 4.98 Å². The molecule has 0 aliphatic heterocycles. The maximum atomic E-state index is 10.7. The molecule has 1 aromatic carbocycles. The minimum absolute atomic E-state index is 0.0771. The Morgan fingerprint density at radius 3 is 2.88 bits per heavy atom. The Kier molecular flexibility index (Phi) is 2.93. The first-order valence-electron chi connectivity index (χ1n) is 5.13. The Balaban J connectivity index is 2.48. The van der Waals surface area contributed by atoms with Crippen molar-refractivity contribution in [2.45, 2.75) is 12.5 Å². The Morgan fingerprint density at radius 2 is 2.18 bits per heavy atom. The predicted molar refractivity (Wildman–Crippen MR) is 62.7 cm³/mol. The Hall–Kier alpha value is -2.14. The summed E-state index contributed by atoms with van der Waals surface area (Å²) in [4.78, 5) is 14.8. The fourth-order valence-electron chi connectivity index (χ4n) is 1.72. The van der Waals surface area contributed by atoms with Crippen LogP contribution >= 0.6 is 0 Å². The number of rotatable bonds is 3. The third-order valence-corrected chi connectivity index (χ3v) is 2.60. The monoisotopic (exact) mass is 232 g/mol. The van der Waals surface area contributed by atoms with Crippen molar-refractivity contribution in [1.82, 2.24) is 4.98 Å². The van der Waals surface area contributed by atoms with Crippen LogP contribution in [0.25, 0.3) is 10.9 Å². The van der Waals surface area contributed by atoms with Crippen LogP contribution in [-0.2, 0) is 11.2 Å². The van der Waals surface area contributed by atoms with Crippen LogP contribution in [0.1, 0.15) is 5.56 Å². The molecule has 5 nitrogen and oxygen atoms in total. The van der Waals surface area contributed by atoms with Gasteiger partial charge in [0.1, 0.15) is 17.3 Å². The summed E-state index contributed by atoms with van der Waals surface area (Å²) < 4.78 is 0. The van der Waals surface area contributed by atoms with Gasteiger partial charge in [0.2, 0.25) is 0 Å². The number of benzene rings is 1. The first-order chi connectivity index (χ1) is 8.09. The highest BCUT2D eigenvalue weighted by atomic mass is 16.4. The lowest BCUT2D eigenvalue weighted by molar-refractivity contribution is -0.138. The lowest BCUT2D eigenvalue weighted by atomic mass is 10.0. The number of aliphatic carboxylic acids is 1. The van der Waals surface area contributed by atoms with Crippen molar-refractivity contribution in [3.05, 3.63) is 36.0 Å². The van der Waals surface area contributed by atoms with Gasteiger partial charge in [-0.1, -0.05) is 12.1 Å². The first-order valence-corrected chi connectivity index (χ1v) is 5.13. The van der Waals surface area contributed by atoms with Crippen LogP contribution in [0.3, 0.4) is 0 Å². The van der Waals surface area contributed by atoms with Crippen molar-refractivity contribution in [3.8, 4) is 5.75 Å². The zero-order chi connectivity index (χ0) is 12.4. The summed E-state index contributed by atoms with van der Waals surface area (Å²) in [6, 6.07) is 5.73. The van der Waals surface area contributed by atoms with Crippen molar-refractivity contribution in [1.29, 1.82) is 0 Å². The molecule has 0 bridgehead atoms. The third-order valence-electron chi connectivity index (χ3n) is 2.60. The minimum Gasteiger partial charge on any atom is -0.506 e. The van der Waals surface area contributed by atoms with E-state index in [0.29, 0.717) is 5.52 Å². The van der Waals surface area contributed by atoms with Gasteiger partial charge in [-0.3, -0.25) is 9.78 Å². The zero-order valence-electron chi connectivity index (χ0n) is 9.00. The average molecular weight is 232 g/mol. The molecule has 2 aromatic rings. The number of carboxylic acid groups (broad SMARTS) is 1. The predicted octanol–water partition coefficient (Wildman–Crippen LogP) is 0.895. The summed E-state index contributed by atoms with van der Waals surface area (Å²) in [5, 5.41) is 19.1. The second kappa shape index (κ2) is 4.39. The molecule has 0 saturated heterocycles. The topological polar surface area (TPSA) is 96.4 Å². The molecule has 0 radical (unpaired) electrons. The molecule has 88 valence electrons. The van der Waals surface area contributed by atoms with E-state index in [9.17, 15) is 9.90 Å². The van der Waals surface area contributed by atoms with E-state index in [1.165, 1.54) is 6.07 Å². The normalized spacial score (nSPS) is 12.5. The van der Waals surface area contributed by atoms with E-state index >= 15 is 0 Å². The lowest BCUT2D eigenvalue weighted by Gasteiger charge is -2.10. The number of aromatic nitrogens is 1. The second-order valence-electron chi connectivity index (χ2n) is 3.79. The fourth-order valence-corrected chi connectivity index (χ4v) is 1.72. The molecule has 0 spiro atoms. The highest BCUT2D eigenvalue weighted by Gasteiger charge is 2.14. The number of phenols is 1. The highest BCUT2D eigenvalue weighted by molar-refractivity contribution is 5.87. The molecule has 4 N–H and O–H groups in total. The summed E-state index contributed by atoms with van der Waals surface area (Å²) in [6.45, 7) is 0. The van der Waals surface area contributed by atoms with Gasteiger partial charge in [-0.2, -0.15) is 0 Å². The van der Waals surface area contributed by atoms with Crippen LogP contribution in [0.15, 0.2) is 30.5 Å². The van der Waals surface area contributed by atoms with Crippen LogP contribution < -0.4 is 5.73 Å². The molecule has 1 atom stereocenters. The van der Waals surface area contributed by atoms with E-state index < -0.39 is 12.0 Å². The van der Waals surface area contributed by atoms with Gasteiger partial charge in [-0.15, -0.1) is 0 Å². The number of phenolic OH excluding ortho intramolecular Hbond substituents is 1. The quantitative estimate of drug-likeness (QED) is 0.730. The number of hydrogen-bond acceptors (Lipinski definition) is 4. The van der Waals surface area contributed by atoms with Gasteiger partial charge in [0, 0.05) is 11.6 Å². The summed E-state index contributed by atoms with van der Waals surface area (Å²) in [7, 11) is 0. The molecule has 17 heavy (non-hydrogen) atoms. The number of nitrogens with zero attached hydrogens (tertiary/aromatic N) is 1. The lowest BCUT2D eigenvalue weighted by Crippen LogP contribution is -2.32. The molecule has 0 aliphatic carbocycles. The maximum Gasteiger partial charge on any atom is 0.320 e. The fraction of sp³-hybridized carbons (Fsp3) is 0.167. The first kappa shape index (κ1) is 11.3. The van der Waals surface area contributed by atoms with Gasteiger partial charge in [-0.25, -0.2) is 0 Å². The standard InChI is InChI=1S/C12H12N2O3/c13-9(12(16)17)6-7-3-4-10(15)11-8(7)2-1-5-14-11/h1-5,9,15H,6,13H2,(H,16,17)/t9-/m1/s1. The molecule has 0 saturated carbocycles. The van der Waals surface area contributed by atoms with Gasteiger partial charge in [-0.05, 0) is 24.1 Å². The summed E-state index contributed by atoms with van der Waals surface area (Å²) in [5.74, 6) is -0.969. The highest BCUT2D eigenvalue weighted by Crippen LogP contribution is 2.25. The number of carboxylic acids is 1. The van der Waals surface area contributed by atoms with Crippen molar-refractivity contribution in [3.63, 3.8) is 0 Å². The summed E-state index contributed by atoms with van der Waals surface area (Å²) in [5.41, 5.74) is 6.72. The summed E-state index contributed by atoms with van der Waals surface area (Å²) in [6.07, 6.45) is 1.78. The molecule has 0 unspecified atom stereocenters.